The number of benzene rings is 1. The van der Waals surface area contributed by atoms with E-state index in [9.17, 15) is 4.79 Å². The third-order valence-corrected chi connectivity index (χ3v) is 3.96. The summed E-state index contributed by atoms with van der Waals surface area (Å²) in [5.41, 5.74) is 2.20. The van der Waals surface area contributed by atoms with Gasteiger partial charge in [0.05, 0.1) is 19.9 Å². The largest absolute Gasteiger partial charge is 0.496 e. The van der Waals surface area contributed by atoms with Crippen LogP contribution >= 0.6 is 0 Å². The SMILES string of the molecule is CCNc1nc(Nc2ccc(C(=O)OC)c(OC)c2)cc(C2CC2)n1. The number of ether oxygens (including phenoxy) is 2. The highest BCUT2D eigenvalue weighted by Crippen LogP contribution is 2.40. The van der Waals surface area contributed by atoms with Crippen LogP contribution in [0.25, 0.3) is 0 Å². The molecular weight excluding hydrogens is 320 g/mol. The second kappa shape index (κ2) is 7.38. The lowest BCUT2D eigenvalue weighted by Gasteiger charge is -2.12. The Morgan fingerprint density at radius 1 is 1.24 bits per heavy atom. The van der Waals surface area contributed by atoms with E-state index in [1.54, 1.807) is 18.2 Å². The van der Waals surface area contributed by atoms with E-state index >= 15 is 0 Å². The minimum atomic E-state index is -0.434. The van der Waals surface area contributed by atoms with E-state index in [0.717, 1.165) is 17.9 Å². The average molecular weight is 342 g/mol. The van der Waals surface area contributed by atoms with Crippen molar-refractivity contribution in [2.24, 2.45) is 0 Å². The summed E-state index contributed by atoms with van der Waals surface area (Å²) in [6, 6.07) is 7.18. The van der Waals surface area contributed by atoms with E-state index in [1.807, 2.05) is 13.0 Å². The molecule has 2 N–H and O–H groups in total. The van der Waals surface area contributed by atoms with Crippen molar-refractivity contribution >= 4 is 23.4 Å². The first-order valence-electron chi connectivity index (χ1n) is 8.30. The Morgan fingerprint density at radius 3 is 2.68 bits per heavy atom. The topological polar surface area (TPSA) is 85.4 Å². The van der Waals surface area contributed by atoms with Crippen LogP contribution in [-0.2, 0) is 4.74 Å². The maximum absolute atomic E-state index is 11.8. The minimum absolute atomic E-state index is 0.380. The van der Waals surface area contributed by atoms with Gasteiger partial charge in [-0.2, -0.15) is 4.98 Å². The first kappa shape index (κ1) is 17.0. The summed E-state index contributed by atoms with van der Waals surface area (Å²) in [5.74, 6) is 1.86. The van der Waals surface area contributed by atoms with Gasteiger partial charge in [-0.3, -0.25) is 0 Å². The lowest BCUT2D eigenvalue weighted by molar-refractivity contribution is 0.0597. The molecule has 1 aromatic carbocycles. The maximum atomic E-state index is 11.8. The molecule has 1 aliphatic carbocycles. The third kappa shape index (κ3) is 3.99. The first-order valence-corrected chi connectivity index (χ1v) is 8.30. The standard InChI is InChI=1S/C18H22N4O3/c1-4-19-18-21-14(11-5-6-11)10-16(22-18)20-12-7-8-13(17(23)25-3)15(9-12)24-2/h7-11H,4-6H2,1-3H3,(H2,19,20,21,22). The number of methoxy groups -OCH3 is 2. The molecule has 1 aromatic heterocycles. The fourth-order valence-electron chi connectivity index (χ4n) is 2.55. The number of aromatic nitrogens is 2. The molecule has 1 saturated carbocycles. The molecule has 132 valence electrons. The quantitative estimate of drug-likeness (QED) is 0.747. The first-order chi connectivity index (χ1) is 12.1. The van der Waals surface area contributed by atoms with Crippen LogP contribution in [0.1, 0.15) is 41.7 Å². The molecule has 0 aliphatic heterocycles. The molecule has 2 aromatic rings. The monoisotopic (exact) mass is 342 g/mol. The Balaban J connectivity index is 1.87. The van der Waals surface area contributed by atoms with Crippen molar-refractivity contribution in [1.82, 2.24) is 9.97 Å². The molecule has 1 aliphatic rings. The smallest absolute Gasteiger partial charge is 0.341 e. The van der Waals surface area contributed by atoms with Crippen LogP contribution in [0.2, 0.25) is 0 Å². The predicted molar refractivity (Wildman–Crippen MR) is 95.8 cm³/mol. The number of carbonyl (C=O) groups excluding carboxylic acids is 1. The van der Waals surface area contributed by atoms with Gasteiger partial charge in [-0.05, 0) is 31.9 Å². The van der Waals surface area contributed by atoms with Crippen molar-refractivity contribution in [3.8, 4) is 5.75 Å². The number of hydrogen-bond acceptors (Lipinski definition) is 7. The summed E-state index contributed by atoms with van der Waals surface area (Å²) in [7, 11) is 2.86. The Morgan fingerprint density at radius 2 is 2.04 bits per heavy atom. The van der Waals surface area contributed by atoms with Crippen molar-refractivity contribution < 1.29 is 14.3 Å². The van der Waals surface area contributed by atoms with Gasteiger partial charge in [-0.25, -0.2) is 9.78 Å². The van der Waals surface area contributed by atoms with Crippen LogP contribution in [-0.4, -0.2) is 36.7 Å². The minimum Gasteiger partial charge on any atom is -0.496 e. The Hall–Kier alpha value is -2.83. The molecule has 0 bridgehead atoms. The van der Waals surface area contributed by atoms with Gasteiger partial charge < -0.3 is 20.1 Å². The number of carbonyl (C=O) groups is 1. The summed E-state index contributed by atoms with van der Waals surface area (Å²) < 4.78 is 10.1. The molecule has 1 fully saturated rings. The zero-order valence-corrected chi connectivity index (χ0v) is 14.6. The lowest BCUT2D eigenvalue weighted by atomic mass is 10.1. The Kier molecular flexibility index (Phi) is 5.02. The van der Waals surface area contributed by atoms with Gasteiger partial charge in [0.2, 0.25) is 5.95 Å². The molecule has 7 heteroatoms. The van der Waals surface area contributed by atoms with E-state index in [-0.39, 0.29) is 0 Å². The van der Waals surface area contributed by atoms with E-state index in [4.69, 9.17) is 9.47 Å². The van der Waals surface area contributed by atoms with Gasteiger partial charge in [0.25, 0.3) is 0 Å². The molecule has 0 unspecified atom stereocenters. The Labute approximate surface area is 146 Å². The van der Waals surface area contributed by atoms with Gasteiger partial charge in [-0.1, -0.05) is 0 Å². The number of anilines is 3. The highest BCUT2D eigenvalue weighted by molar-refractivity contribution is 5.93. The predicted octanol–water partition coefficient (Wildman–Crippen LogP) is 3.32. The van der Waals surface area contributed by atoms with Gasteiger partial charge in [0.15, 0.2) is 0 Å². The van der Waals surface area contributed by atoms with Crippen LogP contribution in [0.4, 0.5) is 17.5 Å². The van der Waals surface area contributed by atoms with Gasteiger partial charge in [-0.15, -0.1) is 0 Å². The molecule has 0 radical (unpaired) electrons. The fourth-order valence-corrected chi connectivity index (χ4v) is 2.55. The van der Waals surface area contributed by atoms with Gasteiger partial charge in [0, 0.05) is 30.3 Å². The van der Waals surface area contributed by atoms with E-state index in [0.29, 0.717) is 29.0 Å². The normalized spacial score (nSPS) is 13.2. The molecule has 0 atom stereocenters. The summed E-state index contributed by atoms with van der Waals surface area (Å²) in [6.45, 7) is 2.77. The molecule has 0 saturated heterocycles. The number of nitrogens with zero attached hydrogens (tertiary/aromatic N) is 2. The third-order valence-electron chi connectivity index (χ3n) is 3.96. The molecule has 7 nitrogen and oxygen atoms in total. The fraction of sp³-hybridized carbons (Fsp3) is 0.389. The van der Waals surface area contributed by atoms with Crippen LogP contribution in [0, 0.1) is 0 Å². The van der Waals surface area contributed by atoms with Crippen molar-refractivity contribution in [2.75, 3.05) is 31.4 Å². The van der Waals surface area contributed by atoms with Crippen molar-refractivity contribution in [3.63, 3.8) is 0 Å². The van der Waals surface area contributed by atoms with E-state index in [1.165, 1.54) is 27.1 Å². The lowest BCUT2D eigenvalue weighted by Crippen LogP contribution is -2.07. The van der Waals surface area contributed by atoms with Gasteiger partial charge in [0.1, 0.15) is 17.1 Å². The van der Waals surface area contributed by atoms with Crippen molar-refractivity contribution in [2.45, 2.75) is 25.7 Å². The summed E-state index contributed by atoms with van der Waals surface area (Å²) in [5, 5.41) is 6.42. The zero-order chi connectivity index (χ0) is 17.8. The number of nitrogens with one attached hydrogen (secondary N) is 2. The Bertz CT molecular complexity index is 775. The van der Waals surface area contributed by atoms with Crippen LogP contribution < -0.4 is 15.4 Å². The second-order valence-corrected chi connectivity index (χ2v) is 5.84. The summed E-state index contributed by atoms with van der Waals surface area (Å²) in [4.78, 5) is 20.8. The van der Waals surface area contributed by atoms with Crippen LogP contribution in [0.3, 0.4) is 0 Å². The second-order valence-electron chi connectivity index (χ2n) is 5.84. The molecule has 25 heavy (non-hydrogen) atoms. The van der Waals surface area contributed by atoms with Crippen LogP contribution in [0.15, 0.2) is 24.3 Å². The number of rotatable bonds is 7. The number of esters is 1. The van der Waals surface area contributed by atoms with E-state index in [2.05, 4.69) is 20.6 Å². The molecule has 0 spiro atoms. The summed E-state index contributed by atoms with van der Waals surface area (Å²) in [6.07, 6.45) is 2.34. The molecule has 1 heterocycles. The highest BCUT2D eigenvalue weighted by atomic mass is 16.5. The molecule has 3 rings (SSSR count). The average Bonchev–Trinajstić information content (AvgIpc) is 3.46. The van der Waals surface area contributed by atoms with E-state index < -0.39 is 5.97 Å². The molecule has 0 amide bonds. The number of hydrogen-bond donors (Lipinski definition) is 2. The van der Waals surface area contributed by atoms with Crippen molar-refractivity contribution in [3.05, 3.63) is 35.5 Å². The maximum Gasteiger partial charge on any atom is 0.341 e. The van der Waals surface area contributed by atoms with Crippen molar-refractivity contribution in [1.29, 1.82) is 0 Å². The molecular formula is C18H22N4O3. The highest BCUT2D eigenvalue weighted by Gasteiger charge is 2.26. The van der Waals surface area contributed by atoms with Gasteiger partial charge >= 0.3 is 5.97 Å². The van der Waals surface area contributed by atoms with Crippen LogP contribution in [0.5, 0.6) is 5.75 Å². The zero-order valence-electron chi connectivity index (χ0n) is 14.6. The summed E-state index contributed by atoms with van der Waals surface area (Å²) >= 11 is 0.